The minimum absolute atomic E-state index is 0.343. The van der Waals surface area contributed by atoms with Crippen molar-refractivity contribution in [2.45, 2.75) is 39.3 Å². The van der Waals surface area contributed by atoms with Crippen LogP contribution in [0.15, 0.2) is 18.2 Å². The Kier molecular flexibility index (Phi) is 6.14. The normalized spacial score (nSPS) is 19.4. The van der Waals surface area contributed by atoms with Gasteiger partial charge >= 0.3 is 0 Å². The molecule has 0 aliphatic carbocycles. The Morgan fingerprint density at radius 3 is 3.00 bits per heavy atom. The minimum Gasteiger partial charge on any atom is -0.375 e. The summed E-state index contributed by atoms with van der Waals surface area (Å²) in [6.07, 6.45) is 2.55. The first-order valence-electron chi connectivity index (χ1n) is 7.60. The molecule has 20 heavy (non-hydrogen) atoms. The molecular formula is C16H25ClN2O. The van der Waals surface area contributed by atoms with Crippen LogP contribution in [0.4, 0.5) is 5.69 Å². The quantitative estimate of drug-likeness (QED) is 0.814. The predicted octanol–water partition coefficient (Wildman–Crippen LogP) is 3.45. The van der Waals surface area contributed by atoms with E-state index >= 15 is 0 Å². The Bertz CT molecular complexity index is 425. The van der Waals surface area contributed by atoms with Crippen molar-refractivity contribution in [2.24, 2.45) is 0 Å². The lowest BCUT2D eigenvalue weighted by atomic mass is 10.1. The standard InChI is InChI=1S/C16H25ClN2O/c1-3-7-18-11-13-10-14(17)5-6-16(13)19-8-9-20-15(4-2)12-19/h5-6,10,15,18H,3-4,7-9,11-12H2,1-2H3. The third kappa shape index (κ3) is 4.11. The first-order valence-corrected chi connectivity index (χ1v) is 7.98. The summed E-state index contributed by atoms with van der Waals surface area (Å²) in [6.45, 7) is 9.00. The Hall–Kier alpha value is -0.770. The molecule has 1 aromatic rings. The van der Waals surface area contributed by atoms with E-state index in [4.69, 9.17) is 16.3 Å². The number of hydrogen-bond acceptors (Lipinski definition) is 3. The highest BCUT2D eigenvalue weighted by Gasteiger charge is 2.21. The van der Waals surface area contributed by atoms with Gasteiger partial charge in [-0.05, 0) is 43.1 Å². The predicted molar refractivity (Wildman–Crippen MR) is 85.7 cm³/mol. The number of hydrogen-bond donors (Lipinski definition) is 1. The molecule has 4 heteroatoms. The number of rotatable bonds is 6. The van der Waals surface area contributed by atoms with Gasteiger partial charge in [0.05, 0.1) is 12.7 Å². The maximum absolute atomic E-state index is 6.15. The van der Waals surface area contributed by atoms with Crippen LogP contribution in [0.25, 0.3) is 0 Å². The number of morpholine rings is 1. The van der Waals surface area contributed by atoms with Gasteiger partial charge in [0, 0.05) is 30.3 Å². The fourth-order valence-electron chi connectivity index (χ4n) is 2.59. The molecule has 1 fully saturated rings. The molecule has 1 aliphatic heterocycles. The third-order valence-corrected chi connectivity index (χ3v) is 3.95. The van der Waals surface area contributed by atoms with Gasteiger partial charge in [-0.25, -0.2) is 0 Å². The third-order valence-electron chi connectivity index (χ3n) is 3.72. The summed E-state index contributed by atoms with van der Waals surface area (Å²) in [5.41, 5.74) is 2.57. The van der Waals surface area contributed by atoms with Crippen LogP contribution in [0.1, 0.15) is 32.3 Å². The topological polar surface area (TPSA) is 24.5 Å². The Balaban J connectivity index is 2.12. The number of anilines is 1. The molecule has 1 N–H and O–H groups in total. The summed E-state index contributed by atoms with van der Waals surface area (Å²) in [7, 11) is 0. The second kappa shape index (κ2) is 7.87. The molecule has 112 valence electrons. The van der Waals surface area contributed by atoms with Gasteiger partial charge < -0.3 is 15.0 Å². The van der Waals surface area contributed by atoms with Crippen LogP contribution in [0, 0.1) is 0 Å². The molecule has 1 saturated heterocycles. The molecule has 0 amide bonds. The Morgan fingerprint density at radius 2 is 2.25 bits per heavy atom. The van der Waals surface area contributed by atoms with E-state index in [9.17, 15) is 0 Å². The molecule has 2 rings (SSSR count). The van der Waals surface area contributed by atoms with Gasteiger partial charge in [-0.1, -0.05) is 25.4 Å². The van der Waals surface area contributed by atoms with Gasteiger partial charge in [0.2, 0.25) is 0 Å². The van der Waals surface area contributed by atoms with Crippen molar-refractivity contribution < 1.29 is 4.74 Å². The lowest BCUT2D eigenvalue weighted by Crippen LogP contribution is -2.42. The summed E-state index contributed by atoms with van der Waals surface area (Å²) in [5, 5.41) is 4.27. The summed E-state index contributed by atoms with van der Waals surface area (Å²) in [5.74, 6) is 0. The summed E-state index contributed by atoms with van der Waals surface area (Å²) < 4.78 is 5.76. The van der Waals surface area contributed by atoms with Crippen molar-refractivity contribution in [3.05, 3.63) is 28.8 Å². The molecule has 1 atom stereocenters. The van der Waals surface area contributed by atoms with E-state index in [-0.39, 0.29) is 0 Å². The maximum atomic E-state index is 6.15. The SMILES string of the molecule is CCCNCc1cc(Cl)ccc1N1CCOC(CC)C1. The lowest BCUT2D eigenvalue weighted by molar-refractivity contribution is 0.0384. The van der Waals surface area contributed by atoms with E-state index < -0.39 is 0 Å². The van der Waals surface area contributed by atoms with E-state index in [1.54, 1.807) is 0 Å². The second-order valence-corrected chi connectivity index (χ2v) is 5.73. The molecule has 1 aliphatic rings. The molecule has 1 aromatic carbocycles. The number of halogens is 1. The zero-order valence-corrected chi connectivity index (χ0v) is 13.2. The number of ether oxygens (including phenoxy) is 1. The van der Waals surface area contributed by atoms with E-state index in [0.29, 0.717) is 6.10 Å². The van der Waals surface area contributed by atoms with Crippen LogP contribution >= 0.6 is 11.6 Å². The molecular weight excluding hydrogens is 272 g/mol. The van der Waals surface area contributed by atoms with Gasteiger partial charge in [-0.3, -0.25) is 0 Å². The van der Waals surface area contributed by atoms with Gasteiger partial charge in [0.1, 0.15) is 0 Å². The molecule has 3 nitrogen and oxygen atoms in total. The van der Waals surface area contributed by atoms with Crippen LogP contribution in [0.2, 0.25) is 5.02 Å². The molecule has 1 unspecified atom stereocenters. The highest BCUT2D eigenvalue weighted by molar-refractivity contribution is 6.30. The molecule has 0 spiro atoms. The van der Waals surface area contributed by atoms with Gasteiger partial charge in [0.15, 0.2) is 0 Å². The molecule has 0 radical (unpaired) electrons. The van der Waals surface area contributed by atoms with E-state index in [1.165, 1.54) is 11.3 Å². The van der Waals surface area contributed by atoms with Gasteiger partial charge in [-0.2, -0.15) is 0 Å². The monoisotopic (exact) mass is 296 g/mol. The Labute approximate surface area is 127 Å². The van der Waals surface area contributed by atoms with Crippen molar-refractivity contribution in [1.82, 2.24) is 5.32 Å². The fraction of sp³-hybridized carbons (Fsp3) is 0.625. The molecule has 1 heterocycles. The average molecular weight is 297 g/mol. The highest BCUT2D eigenvalue weighted by Crippen LogP contribution is 2.26. The van der Waals surface area contributed by atoms with Crippen molar-refractivity contribution in [3.8, 4) is 0 Å². The first-order chi connectivity index (χ1) is 9.74. The molecule has 0 bridgehead atoms. The van der Waals surface area contributed by atoms with Gasteiger partial charge in [-0.15, -0.1) is 0 Å². The number of nitrogens with zero attached hydrogens (tertiary/aromatic N) is 1. The van der Waals surface area contributed by atoms with Crippen molar-refractivity contribution in [2.75, 3.05) is 31.1 Å². The molecule has 0 saturated carbocycles. The van der Waals surface area contributed by atoms with Crippen LogP contribution in [0.3, 0.4) is 0 Å². The largest absolute Gasteiger partial charge is 0.375 e. The van der Waals surface area contributed by atoms with Crippen LogP contribution in [-0.2, 0) is 11.3 Å². The summed E-state index contributed by atoms with van der Waals surface area (Å²) >= 11 is 6.15. The maximum Gasteiger partial charge on any atom is 0.0748 e. The smallest absolute Gasteiger partial charge is 0.0748 e. The zero-order chi connectivity index (χ0) is 14.4. The average Bonchev–Trinajstić information content (AvgIpc) is 2.48. The van der Waals surface area contributed by atoms with Gasteiger partial charge in [0.25, 0.3) is 0 Å². The number of benzene rings is 1. The summed E-state index contributed by atoms with van der Waals surface area (Å²) in [4.78, 5) is 2.43. The lowest BCUT2D eigenvalue weighted by Gasteiger charge is -2.35. The van der Waals surface area contributed by atoms with Crippen molar-refractivity contribution in [3.63, 3.8) is 0 Å². The Morgan fingerprint density at radius 1 is 1.40 bits per heavy atom. The van der Waals surface area contributed by atoms with Crippen LogP contribution < -0.4 is 10.2 Å². The van der Waals surface area contributed by atoms with E-state index in [2.05, 4.69) is 36.2 Å². The van der Waals surface area contributed by atoms with E-state index in [1.807, 2.05) is 6.07 Å². The van der Waals surface area contributed by atoms with Crippen LogP contribution in [-0.4, -0.2) is 32.3 Å². The zero-order valence-electron chi connectivity index (χ0n) is 12.5. The summed E-state index contributed by atoms with van der Waals surface area (Å²) in [6, 6.07) is 6.20. The van der Waals surface area contributed by atoms with Crippen LogP contribution in [0.5, 0.6) is 0 Å². The second-order valence-electron chi connectivity index (χ2n) is 5.30. The number of nitrogens with one attached hydrogen (secondary N) is 1. The minimum atomic E-state index is 0.343. The highest BCUT2D eigenvalue weighted by atomic mass is 35.5. The first kappa shape index (κ1) is 15.6. The van der Waals surface area contributed by atoms with Crippen molar-refractivity contribution in [1.29, 1.82) is 0 Å². The molecule has 0 aromatic heterocycles. The van der Waals surface area contributed by atoms with E-state index in [0.717, 1.165) is 50.7 Å². The fourth-order valence-corrected chi connectivity index (χ4v) is 2.78. The van der Waals surface area contributed by atoms with Crippen molar-refractivity contribution >= 4 is 17.3 Å².